The zero-order chi connectivity index (χ0) is 28.0. The number of rotatable bonds is 11. The number of carboxylic acid groups (broad SMARTS) is 1. The molecule has 1 heterocycles. The number of ether oxygens (including phenoxy) is 1. The van der Waals surface area contributed by atoms with E-state index < -0.39 is 46.8 Å². The Kier molecular flexibility index (Phi) is 10.0. The summed E-state index contributed by atoms with van der Waals surface area (Å²) < 4.78 is 46.0. The van der Waals surface area contributed by atoms with Gasteiger partial charge in [0.25, 0.3) is 5.91 Å². The van der Waals surface area contributed by atoms with Crippen LogP contribution >= 0.6 is 11.8 Å². The van der Waals surface area contributed by atoms with Crippen LogP contribution in [-0.2, 0) is 27.3 Å². The first-order valence-corrected chi connectivity index (χ1v) is 13.1. The molecule has 4 N–H and O–H groups in total. The summed E-state index contributed by atoms with van der Waals surface area (Å²) in [5, 5.41) is 11.3. The third kappa shape index (κ3) is 7.64. The Morgan fingerprint density at radius 1 is 1.13 bits per heavy atom. The second kappa shape index (κ2) is 13.0. The van der Waals surface area contributed by atoms with Gasteiger partial charge in [-0.1, -0.05) is 26.0 Å². The van der Waals surface area contributed by atoms with Crippen molar-refractivity contribution < 1.29 is 37.4 Å². The van der Waals surface area contributed by atoms with E-state index in [4.69, 9.17) is 10.5 Å². The Hall–Kier alpha value is -3.25. The van der Waals surface area contributed by atoms with Gasteiger partial charge in [0.1, 0.15) is 11.6 Å². The number of carbonyl (C=O) groups excluding carboxylic acids is 2. The highest BCUT2D eigenvalue weighted by atomic mass is 32.2. The number of carboxylic acids is 1. The molecule has 12 heteroatoms. The lowest BCUT2D eigenvalue weighted by atomic mass is 10.0. The lowest BCUT2D eigenvalue weighted by Gasteiger charge is -2.24. The van der Waals surface area contributed by atoms with E-state index in [2.05, 4.69) is 5.32 Å². The van der Waals surface area contributed by atoms with E-state index in [9.17, 15) is 32.7 Å². The third-order valence-electron chi connectivity index (χ3n) is 5.95. The maximum Gasteiger partial charge on any atom is 0.345 e. The lowest BCUT2D eigenvalue weighted by Crippen LogP contribution is -2.46. The summed E-state index contributed by atoms with van der Waals surface area (Å²) in [6.07, 6.45) is -1.35. The van der Waals surface area contributed by atoms with Crippen molar-refractivity contribution in [3.8, 4) is 5.75 Å². The van der Waals surface area contributed by atoms with Crippen molar-refractivity contribution in [3.63, 3.8) is 0 Å². The molecule has 1 saturated heterocycles. The molecule has 0 bridgehead atoms. The van der Waals surface area contributed by atoms with Gasteiger partial charge in [-0.05, 0) is 35.7 Å². The van der Waals surface area contributed by atoms with Gasteiger partial charge >= 0.3 is 5.97 Å². The van der Waals surface area contributed by atoms with Crippen LogP contribution in [0.5, 0.6) is 5.75 Å². The minimum absolute atomic E-state index is 0.131. The van der Waals surface area contributed by atoms with Gasteiger partial charge in [-0.3, -0.25) is 9.59 Å². The van der Waals surface area contributed by atoms with Gasteiger partial charge in [-0.2, -0.15) is 0 Å². The minimum atomic E-state index is -1.30. The van der Waals surface area contributed by atoms with Gasteiger partial charge in [0.15, 0.2) is 23.1 Å². The van der Waals surface area contributed by atoms with E-state index in [-0.39, 0.29) is 36.8 Å². The minimum Gasteiger partial charge on any atom is -0.478 e. The van der Waals surface area contributed by atoms with Gasteiger partial charge in [0, 0.05) is 43.3 Å². The molecule has 0 aliphatic carbocycles. The molecule has 1 aliphatic rings. The summed E-state index contributed by atoms with van der Waals surface area (Å²) in [4.78, 5) is 38.4. The van der Waals surface area contributed by atoms with E-state index in [0.29, 0.717) is 24.1 Å². The first-order valence-electron chi connectivity index (χ1n) is 12.0. The van der Waals surface area contributed by atoms with Crippen LogP contribution in [0.2, 0.25) is 0 Å². The number of amides is 2. The quantitative estimate of drug-likeness (QED) is 0.366. The number of benzene rings is 2. The normalized spacial score (nSPS) is 16.8. The van der Waals surface area contributed by atoms with Crippen LogP contribution in [0.25, 0.3) is 0 Å². The molecule has 206 valence electrons. The molecule has 2 amide bonds. The highest BCUT2D eigenvalue weighted by Gasteiger charge is 2.35. The first-order chi connectivity index (χ1) is 18.0. The molecular formula is C26H30F3N3O5S. The zero-order valence-corrected chi connectivity index (χ0v) is 21.8. The van der Waals surface area contributed by atoms with E-state index >= 15 is 0 Å². The molecule has 1 fully saturated rings. The van der Waals surface area contributed by atoms with E-state index in [1.165, 1.54) is 16.7 Å². The highest BCUT2D eigenvalue weighted by molar-refractivity contribution is 8.00. The number of hydrogen-bond acceptors (Lipinski definition) is 6. The van der Waals surface area contributed by atoms with Gasteiger partial charge in [0.2, 0.25) is 5.91 Å². The molecule has 1 unspecified atom stereocenters. The largest absolute Gasteiger partial charge is 0.478 e. The smallest absolute Gasteiger partial charge is 0.345 e. The van der Waals surface area contributed by atoms with E-state index in [0.717, 1.165) is 11.6 Å². The van der Waals surface area contributed by atoms with Crippen molar-refractivity contribution in [2.75, 3.05) is 12.3 Å². The summed E-state index contributed by atoms with van der Waals surface area (Å²) in [6.45, 7) is 4.01. The molecule has 0 aromatic heterocycles. The molecule has 8 nitrogen and oxygen atoms in total. The molecular weight excluding hydrogens is 523 g/mol. The Bertz CT molecular complexity index is 1170. The van der Waals surface area contributed by atoms with Gasteiger partial charge < -0.3 is 25.8 Å². The van der Waals surface area contributed by atoms with Crippen LogP contribution < -0.4 is 15.8 Å². The van der Waals surface area contributed by atoms with Crippen LogP contribution in [0, 0.1) is 23.4 Å². The fourth-order valence-electron chi connectivity index (χ4n) is 3.94. The standard InChI is InChI=1S/C26H30F3N3O5S/c1-14(2)23(26(35)36)37-18-5-3-15(4-6-18)13-31-24(34)25-32(7-8-38-25)22(33)11-17(30)9-16-10-20(28)21(29)12-19(16)27/h3-6,10,12,14,17,23,25H,7-9,11,13,30H2,1-2H3,(H,31,34)(H,35,36)/t17?,23-,25-/m1/s1. The molecule has 0 radical (unpaired) electrons. The Balaban J connectivity index is 1.52. The maximum atomic E-state index is 13.9. The number of nitrogens with two attached hydrogens (primary N) is 1. The van der Waals surface area contributed by atoms with Crippen LogP contribution in [0.1, 0.15) is 31.4 Å². The Morgan fingerprint density at radius 2 is 1.79 bits per heavy atom. The fraction of sp³-hybridized carbons (Fsp3) is 0.423. The summed E-state index contributed by atoms with van der Waals surface area (Å²) in [5.41, 5.74) is 6.60. The monoisotopic (exact) mass is 553 g/mol. The zero-order valence-electron chi connectivity index (χ0n) is 21.0. The van der Waals surface area contributed by atoms with Crippen LogP contribution in [0.3, 0.4) is 0 Å². The average molecular weight is 554 g/mol. The number of halogens is 3. The molecule has 2 aromatic rings. The number of thioether (sulfide) groups is 1. The predicted molar refractivity (Wildman–Crippen MR) is 136 cm³/mol. The van der Waals surface area contributed by atoms with Crippen molar-refractivity contribution in [2.24, 2.45) is 11.7 Å². The average Bonchev–Trinajstić information content (AvgIpc) is 3.35. The molecule has 0 saturated carbocycles. The second-order valence-corrected chi connectivity index (χ2v) is 10.5. The van der Waals surface area contributed by atoms with Crippen LogP contribution in [0.15, 0.2) is 36.4 Å². The molecule has 3 rings (SSSR count). The van der Waals surface area contributed by atoms with Crippen molar-refractivity contribution in [3.05, 3.63) is 65.0 Å². The molecule has 0 spiro atoms. The SMILES string of the molecule is CC(C)[C@@H](Oc1ccc(CNC(=O)[C@H]2SCCN2C(=O)CC(N)Cc2cc(F)c(F)cc2F)cc1)C(=O)O. The van der Waals surface area contributed by atoms with Crippen molar-refractivity contribution in [1.82, 2.24) is 10.2 Å². The summed E-state index contributed by atoms with van der Waals surface area (Å²) in [5.74, 6) is -4.55. The third-order valence-corrected chi connectivity index (χ3v) is 7.15. The summed E-state index contributed by atoms with van der Waals surface area (Å²) >= 11 is 1.30. The first kappa shape index (κ1) is 29.3. The van der Waals surface area contributed by atoms with Crippen molar-refractivity contribution >= 4 is 29.5 Å². The van der Waals surface area contributed by atoms with Gasteiger partial charge in [-0.15, -0.1) is 11.8 Å². The van der Waals surface area contributed by atoms with E-state index in [1.807, 2.05) is 0 Å². The number of hydrogen-bond donors (Lipinski definition) is 3. The molecule has 3 atom stereocenters. The van der Waals surface area contributed by atoms with Crippen LogP contribution in [-0.4, -0.2) is 57.6 Å². The van der Waals surface area contributed by atoms with E-state index in [1.54, 1.807) is 38.1 Å². The number of nitrogens with zero attached hydrogens (tertiary/aromatic N) is 1. The maximum absolute atomic E-state index is 13.9. The van der Waals surface area contributed by atoms with Crippen LogP contribution in [0.4, 0.5) is 13.2 Å². The van der Waals surface area contributed by atoms with Crippen molar-refractivity contribution in [1.29, 1.82) is 0 Å². The Morgan fingerprint density at radius 3 is 2.42 bits per heavy atom. The Labute approximate surface area is 222 Å². The topological polar surface area (TPSA) is 122 Å². The number of nitrogens with one attached hydrogen (secondary N) is 1. The molecule has 1 aliphatic heterocycles. The van der Waals surface area contributed by atoms with Crippen molar-refractivity contribution in [2.45, 2.75) is 50.8 Å². The predicted octanol–water partition coefficient (Wildman–Crippen LogP) is 3.07. The second-order valence-electron chi connectivity index (χ2n) is 9.32. The fourth-order valence-corrected chi connectivity index (χ4v) is 5.10. The number of aliphatic carboxylic acids is 1. The molecule has 2 aromatic carbocycles. The highest BCUT2D eigenvalue weighted by Crippen LogP contribution is 2.26. The summed E-state index contributed by atoms with van der Waals surface area (Å²) in [7, 11) is 0. The lowest BCUT2D eigenvalue weighted by molar-refractivity contribution is -0.147. The van der Waals surface area contributed by atoms with Gasteiger partial charge in [-0.25, -0.2) is 18.0 Å². The summed E-state index contributed by atoms with van der Waals surface area (Å²) in [6, 6.07) is 6.97. The number of carbonyl (C=O) groups is 3. The van der Waals surface area contributed by atoms with Gasteiger partial charge in [0.05, 0.1) is 0 Å². The molecule has 38 heavy (non-hydrogen) atoms.